The minimum absolute atomic E-state index is 0.0664. The molecule has 1 unspecified atom stereocenters. The number of nitrogens with one attached hydrogen (secondary N) is 1. The second kappa shape index (κ2) is 6.02. The lowest BCUT2D eigenvalue weighted by molar-refractivity contribution is -0.138. The molecule has 2 rings (SSSR count). The van der Waals surface area contributed by atoms with Crippen molar-refractivity contribution in [1.82, 2.24) is 4.90 Å². The third-order valence-corrected chi connectivity index (χ3v) is 3.28. The van der Waals surface area contributed by atoms with E-state index in [2.05, 4.69) is 0 Å². The lowest BCUT2D eigenvalue weighted by Crippen LogP contribution is -2.33. The van der Waals surface area contributed by atoms with Gasteiger partial charge in [0.05, 0.1) is 0 Å². The zero-order chi connectivity index (χ0) is 15.6. The minimum Gasteiger partial charge on any atom is -0.481 e. The highest BCUT2D eigenvalue weighted by Gasteiger charge is 2.28. The summed E-state index contributed by atoms with van der Waals surface area (Å²) in [5.74, 6) is -4.64. The number of urea groups is 1. The fourth-order valence-electron chi connectivity index (χ4n) is 2.28. The molecule has 2 N–H and O–H groups in total. The summed E-state index contributed by atoms with van der Waals surface area (Å²) in [5.41, 5.74) is -0.719. The van der Waals surface area contributed by atoms with Crippen molar-refractivity contribution in [3.05, 3.63) is 29.6 Å². The zero-order valence-corrected chi connectivity index (χ0v) is 10.9. The molecular formula is C13H13F3N2O3. The number of carbonyl (C=O) groups is 2. The van der Waals surface area contributed by atoms with Crippen LogP contribution in [-0.4, -0.2) is 35.1 Å². The van der Waals surface area contributed by atoms with Crippen molar-refractivity contribution < 1.29 is 27.9 Å². The van der Waals surface area contributed by atoms with Crippen LogP contribution in [0.5, 0.6) is 0 Å². The van der Waals surface area contributed by atoms with E-state index in [1.807, 2.05) is 5.32 Å². The van der Waals surface area contributed by atoms with Crippen LogP contribution in [0.3, 0.4) is 0 Å². The van der Waals surface area contributed by atoms with Crippen LogP contribution in [0, 0.1) is 23.4 Å². The van der Waals surface area contributed by atoms with E-state index in [1.165, 1.54) is 4.90 Å². The molecule has 0 saturated carbocycles. The largest absolute Gasteiger partial charge is 0.481 e. The zero-order valence-electron chi connectivity index (χ0n) is 10.9. The number of amides is 2. The first-order valence-electron chi connectivity index (χ1n) is 6.29. The minimum atomic E-state index is -1.21. The van der Waals surface area contributed by atoms with Crippen LogP contribution in [0.2, 0.25) is 0 Å². The van der Waals surface area contributed by atoms with E-state index in [-0.39, 0.29) is 18.9 Å². The van der Waals surface area contributed by atoms with Gasteiger partial charge in [-0.3, -0.25) is 4.79 Å². The van der Waals surface area contributed by atoms with Gasteiger partial charge in [0.1, 0.15) is 11.5 Å². The Labute approximate surface area is 118 Å². The Morgan fingerprint density at radius 3 is 2.48 bits per heavy atom. The highest BCUT2D eigenvalue weighted by molar-refractivity contribution is 5.89. The van der Waals surface area contributed by atoms with E-state index in [4.69, 9.17) is 5.11 Å². The maximum Gasteiger partial charge on any atom is 0.322 e. The molecule has 1 aliphatic heterocycles. The normalized spacial score (nSPS) is 17.9. The van der Waals surface area contributed by atoms with Gasteiger partial charge >= 0.3 is 12.0 Å². The molecule has 1 saturated heterocycles. The first-order valence-corrected chi connectivity index (χ1v) is 6.29. The van der Waals surface area contributed by atoms with Gasteiger partial charge in [-0.15, -0.1) is 0 Å². The molecule has 0 aromatic heterocycles. The van der Waals surface area contributed by atoms with E-state index < -0.39 is 35.1 Å². The third-order valence-electron chi connectivity index (χ3n) is 3.28. The predicted octanol–water partition coefficient (Wildman–Crippen LogP) is 2.43. The lowest BCUT2D eigenvalue weighted by atomic mass is 10.1. The van der Waals surface area contributed by atoms with Crippen molar-refractivity contribution in [3.8, 4) is 0 Å². The highest BCUT2D eigenvalue weighted by Crippen LogP contribution is 2.23. The fraction of sp³-hybridized carbons (Fsp3) is 0.385. The topological polar surface area (TPSA) is 69.6 Å². The van der Waals surface area contributed by atoms with Crippen molar-refractivity contribution >= 4 is 17.7 Å². The fourth-order valence-corrected chi connectivity index (χ4v) is 2.28. The number of aliphatic carboxylic acids is 1. The molecule has 8 heteroatoms. The van der Waals surface area contributed by atoms with Crippen LogP contribution in [0.4, 0.5) is 23.7 Å². The van der Waals surface area contributed by atoms with Gasteiger partial charge in [0, 0.05) is 31.6 Å². The predicted molar refractivity (Wildman–Crippen MR) is 67.3 cm³/mol. The Morgan fingerprint density at radius 2 is 1.90 bits per heavy atom. The number of likely N-dealkylation sites (tertiary alicyclic amines) is 1. The summed E-state index contributed by atoms with van der Waals surface area (Å²) in [6.45, 7) is 0.497. The molecule has 21 heavy (non-hydrogen) atoms. The summed E-state index contributed by atoms with van der Waals surface area (Å²) < 4.78 is 39.6. The van der Waals surface area contributed by atoms with Crippen molar-refractivity contribution in [2.24, 2.45) is 5.92 Å². The van der Waals surface area contributed by atoms with Crippen LogP contribution >= 0.6 is 0 Å². The Hall–Kier alpha value is -2.25. The van der Waals surface area contributed by atoms with E-state index in [1.54, 1.807) is 0 Å². The number of hydrogen-bond acceptors (Lipinski definition) is 2. The average molecular weight is 302 g/mol. The van der Waals surface area contributed by atoms with Crippen molar-refractivity contribution in [1.29, 1.82) is 0 Å². The van der Waals surface area contributed by atoms with E-state index >= 15 is 0 Å². The molecule has 1 aromatic rings. The number of benzene rings is 1. The summed E-state index contributed by atoms with van der Waals surface area (Å²) >= 11 is 0. The number of carboxylic acids is 1. The molecule has 0 spiro atoms. The highest BCUT2D eigenvalue weighted by atomic mass is 19.1. The van der Waals surface area contributed by atoms with Gasteiger partial charge in [0.15, 0.2) is 11.6 Å². The lowest BCUT2D eigenvalue weighted by Gasteiger charge is -2.17. The first kappa shape index (κ1) is 15.1. The quantitative estimate of drug-likeness (QED) is 0.901. The summed E-state index contributed by atoms with van der Waals surface area (Å²) in [4.78, 5) is 23.7. The van der Waals surface area contributed by atoms with Gasteiger partial charge in [-0.2, -0.15) is 0 Å². The Morgan fingerprint density at radius 1 is 1.29 bits per heavy atom. The van der Waals surface area contributed by atoms with Gasteiger partial charge in [-0.05, 0) is 12.3 Å². The van der Waals surface area contributed by atoms with Gasteiger partial charge in [0.25, 0.3) is 0 Å². The molecule has 1 atom stereocenters. The van der Waals surface area contributed by atoms with Gasteiger partial charge in [0.2, 0.25) is 0 Å². The maximum atomic E-state index is 13.4. The molecular weight excluding hydrogens is 289 g/mol. The molecule has 1 fully saturated rings. The second-order valence-electron chi connectivity index (χ2n) is 4.87. The monoisotopic (exact) mass is 302 g/mol. The Bertz CT molecular complexity index is 557. The van der Waals surface area contributed by atoms with Crippen LogP contribution in [0.25, 0.3) is 0 Å². The smallest absolute Gasteiger partial charge is 0.322 e. The van der Waals surface area contributed by atoms with Crippen LogP contribution in [-0.2, 0) is 4.79 Å². The van der Waals surface area contributed by atoms with E-state index in [0.717, 1.165) is 0 Å². The molecule has 1 aliphatic rings. The number of hydrogen-bond donors (Lipinski definition) is 2. The molecule has 1 heterocycles. The van der Waals surface area contributed by atoms with Gasteiger partial charge in [-0.1, -0.05) is 0 Å². The van der Waals surface area contributed by atoms with E-state index in [0.29, 0.717) is 25.1 Å². The van der Waals surface area contributed by atoms with Crippen molar-refractivity contribution in [3.63, 3.8) is 0 Å². The molecule has 0 bridgehead atoms. The van der Waals surface area contributed by atoms with Crippen LogP contribution < -0.4 is 5.32 Å². The molecule has 1 aromatic carbocycles. The Balaban J connectivity index is 2.01. The van der Waals surface area contributed by atoms with Gasteiger partial charge in [-0.25, -0.2) is 18.0 Å². The van der Waals surface area contributed by atoms with E-state index in [9.17, 15) is 22.8 Å². The standard InChI is InChI=1S/C13H13F3N2O3/c14-8-4-9(15)12(10(16)5-8)17-13(21)18-2-1-7(6-18)3-11(19)20/h4-5,7H,1-3,6H2,(H,17,21)(H,19,20). The number of carboxylic acid groups (broad SMARTS) is 1. The number of halogens is 3. The number of anilines is 1. The summed E-state index contributed by atoms with van der Waals surface area (Å²) in [6.07, 6.45) is 0.442. The summed E-state index contributed by atoms with van der Waals surface area (Å²) in [5, 5.41) is 10.7. The number of rotatable bonds is 3. The SMILES string of the molecule is O=C(O)CC1CCN(C(=O)Nc2c(F)cc(F)cc2F)C1. The molecule has 5 nitrogen and oxygen atoms in total. The Kier molecular flexibility index (Phi) is 4.35. The van der Waals surface area contributed by atoms with Crippen LogP contribution in [0.15, 0.2) is 12.1 Å². The van der Waals surface area contributed by atoms with Crippen molar-refractivity contribution in [2.45, 2.75) is 12.8 Å². The second-order valence-corrected chi connectivity index (χ2v) is 4.87. The number of carbonyl (C=O) groups excluding carboxylic acids is 1. The molecule has 114 valence electrons. The van der Waals surface area contributed by atoms with Gasteiger partial charge < -0.3 is 15.3 Å². The molecule has 0 radical (unpaired) electrons. The third kappa shape index (κ3) is 3.65. The van der Waals surface area contributed by atoms with Crippen molar-refractivity contribution in [2.75, 3.05) is 18.4 Å². The summed E-state index contributed by atoms with van der Waals surface area (Å²) in [7, 11) is 0. The molecule has 0 aliphatic carbocycles. The van der Waals surface area contributed by atoms with Crippen LogP contribution in [0.1, 0.15) is 12.8 Å². The maximum absolute atomic E-state index is 13.4. The number of nitrogens with zero attached hydrogens (tertiary/aromatic N) is 1. The molecule has 2 amide bonds. The first-order chi connectivity index (χ1) is 9.86. The summed E-state index contributed by atoms with van der Waals surface area (Å²) in [6, 6.07) is 0.193. The average Bonchev–Trinajstić information content (AvgIpc) is 2.81.